The van der Waals surface area contributed by atoms with Crippen molar-refractivity contribution in [1.29, 1.82) is 0 Å². The monoisotopic (exact) mass is 400 g/mol. The van der Waals surface area contributed by atoms with E-state index in [0.29, 0.717) is 26.2 Å². The summed E-state index contributed by atoms with van der Waals surface area (Å²) in [5, 5.41) is 5.07. The second-order valence-corrected chi connectivity index (χ2v) is 8.34. The molecule has 150 valence electrons. The fourth-order valence-corrected chi connectivity index (χ4v) is 3.84. The average Bonchev–Trinajstić information content (AvgIpc) is 2.66. The van der Waals surface area contributed by atoms with E-state index in [9.17, 15) is 17.6 Å². The molecule has 0 atom stereocenters. The van der Waals surface area contributed by atoms with E-state index in [-0.39, 0.29) is 10.5 Å². The number of hydrogen-bond acceptors (Lipinski definition) is 6. The number of carbonyl (C=O) groups excluding carboxylic acids is 1. The van der Waals surface area contributed by atoms with Crippen LogP contribution >= 0.6 is 0 Å². The van der Waals surface area contributed by atoms with Crippen LogP contribution in [0.1, 0.15) is 10.4 Å². The van der Waals surface area contributed by atoms with Crippen molar-refractivity contribution in [3.8, 4) is 0 Å². The molecule has 1 aromatic rings. The first-order chi connectivity index (χ1) is 12.8. The number of morpholine rings is 1. The number of benzene rings is 1. The third kappa shape index (κ3) is 5.23. The number of rotatable bonds is 5. The van der Waals surface area contributed by atoms with Crippen LogP contribution in [0.3, 0.4) is 0 Å². The van der Waals surface area contributed by atoms with E-state index in [1.807, 2.05) is 0 Å². The third-order valence-corrected chi connectivity index (χ3v) is 5.90. The van der Waals surface area contributed by atoms with E-state index < -0.39 is 21.7 Å². The van der Waals surface area contributed by atoms with Crippen LogP contribution in [-0.4, -0.2) is 94.6 Å². The summed E-state index contributed by atoms with van der Waals surface area (Å²) >= 11 is 0. The molecule has 0 spiro atoms. The summed E-state index contributed by atoms with van der Waals surface area (Å²) < 4.78 is 42.3. The summed E-state index contributed by atoms with van der Waals surface area (Å²) in [5.74, 6) is -1.26. The summed E-state index contributed by atoms with van der Waals surface area (Å²) in [5.41, 5.74) is -0.261. The van der Waals surface area contributed by atoms with Crippen molar-refractivity contribution in [2.45, 2.75) is 4.90 Å². The van der Waals surface area contributed by atoms with Crippen molar-refractivity contribution in [2.75, 3.05) is 65.6 Å². The quantitative estimate of drug-likeness (QED) is 0.720. The molecular weight excluding hydrogens is 375 g/mol. The summed E-state index contributed by atoms with van der Waals surface area (Å²) in [4.78, 5) is 18.5. The van der Waals surface area contributed by atoms with Gasteiger partial charge >= 0.3 is 0 Å². The largest absolute Gasteiger partial charge is 0.379 e. The highest BCUT2D eigenvalue weighted by Gasteiger charge is 2.25. The fourth-order valence-electron chi connectivity index (χ4n) is 3.30. The SMILES string of the molecule is NS(=O)(=O)c1ccc(F)c(C(=O)N2CCN(CCN3CCOCC3)CC2)c1. The predicted octanol–water partition coefficient (Wildman–Crippen LogP) is -0.437. The Morgan fingerprint density at radius 1 is 1.04 bits per heavy atom. The molecule has 1 amide bonds. The van der Waals surface area contributed by atoms with E-state index >= 15 is 0 Å². The van der Waals surface area contributed by atoms with Gasteiger partial charge in [-0.2, -0.15) is 0 Å². The molecule has 2 aliphatic rings. The lowest BCUT2D eigenvalue weighted by molar-refractivity contribution is 0.0293. The van der Waals surface area contributed by atoms with Gasteiger partial charge in [-0.3, -0.25) is 14.6 Å². The van der Waals surface area contributed by atoms with E-state index in [1.165, 1.54) is 0 Å². The van der Waals surface area contributed by atoms with Crippen molar-refractivity contribution in [1.82, 2.24) is 14.7 Å². The molecule has 2 heterocycles. The minimum Gasteiger partial charge on any atom is -0.379 e. The lowest BCUT2D eigenvalue weighted by Gasteiger charge is -2.36. The third-order valence-electron chi connectivity index (χ3n) is 4.99. The van der Waals surface area contributed by atoms with Gasteiger partial charge in [-0.05, 0) is 18.2 Å². The number of amides is 1. The summed E-state index contributed by atoms with van der Waals surface area (Å²) in [6, 6.07) is 3.04. The molecule has 2 aliphatic heterocycles. The highest BCUT2D eigenvalue weighted by molar-refractivity contribution is 7.89. The molecule has 8 nitrogen and oxygen atoms in total. The normalized spacial score (nSPS) is 20.0. The molecule has 2 fully saturated rings. The smallest absolute Gasteiger partial charge is 0.256 e. The topological polar surface area (TPSA) is 96.2 Å². The Hall–Kier alpha value is -1.59. The van der Waals surface area contributed by atoms with Crippen molar-refractivity contribution in [2.24, 2.45) is 5.14 Å². The Bertz CT molecular complexity index is 775. The maximum Gasteiger partial charge on any atom is 0.256 e. The number of primary sulfonamides is 1. The van der Waals surface area contributed by atoms with E-state index in [1.54, 1.807) is 4.90 Å². The lowest BCUT2D eigenvalue weighted by atomic mass is 10.1. The van der Waals surface area contributed by atoms with E-state index in [0.717, 1.165) is 57.6 Å². The van der Waals surface area contributed by atoms with Crippen molar-refractivity contribution < 1.29 is 22.3 Å². The standard InChI is InChI=1S/C17H25FN4O4S/c18-16-2-1-14(27(19,24)25)13-15(16)17(23)22-7-5-20(6-8-22)3-4-21-9-11-26-12-10-21/h1-2,13H,3-12H2,(H2,19,24,25). The summed E-state index contributed by atoms with van der Waals surface area (Å²) in [7, 11) is -3.99. The molecule has 10 heteroatoms. The van der Waals surface area contributed by atoms with Crippen LogP contribution in [0.15, 0.2) is 23.1 Å². The van der Waals surface area contributed by atoms with Crippen molar-refractivity contribution in [3.05, 3.63) is 29.6 Å². The number of hydrogen-bond donors (Lipinski definition) is 1. The zero-order valence-corrected chi connectivity index (χ0v) is 16.0. The van der Waals surface area contributed by atoms with E-state index in [4.69, 9.17) is 9.88 Å². The molecule has 0 bridgehead atoms. The first-order valence-corrected chi connectivity index (χ1v) is 10.5. The molecular formula is C17H25FN4O4S. The van der Waals surface area contributed by atoms with Crippen LogP contribution in [0.2, 0.25) is 0 Å². The molecule has 27 heavy (non-hydrogen) atoms. The summed E-state index contributed by atoms with van der Waals surface area (Å²) in [6.07, 6.45) is 0. The maximum atomic E-state index is 14.1. The van der Waals surface area contributed by atoms with Crippen LogP contribution in [-0.2, 0) is 14.8 Å². The second kappa shape index (κ2) is 8.61. The Morgan fingerprint density at radius 2 is 1.63 bits per heavy atom. The molecule has 0 saturated carbocycles. The van der Waals surface area contributed by atoms with Crippen LogP contribution < -0.4 is 5.14 Å². The zero-order chi connectivity index (χ0) is 19.4. The van der Waals surface area contributed by atoms with Gasteiger partial charge in [0.25, 0.3) is 5.91 Å². The highest BCUT2D eigenvalue weighted by Crippen LogP contribution is 2.17. The average molecular weight is 400 g/mol. The van der Waals surface area contributed by atoms with Crippen LogP contribution in [0.25, 0.3) is 0 Å². The van der Waals surface area contributed by atoms with E-state index in [2.05, 4.69) is 9.80 Å². The van der Waals surface area contributed by atoms with Gasteiger partial charge in [-0.25, -0.2) is 17.9 Å². The van der Waals surface area contributed by atoms with Crippen LogP contribution in [0.4, 0.5) is 4.39 Å². The van der Waals surface area contributed by atoms with Gasteiger partial charge in [0, 0.05) is 52.4 Å². The molecule has 0 aliphatic carbocycles. The minimum absolute atomic E-state index is 0.261. The van der Waals surface area contributed by atoms with Crippen LogP contribution in [0.5, 0.6) is 0 Å². The maximum absolute atomic E-state index is 14.1. The Labute approximate surface area is 158 Å². The highest BCUT2D eigenvalue weighted by atomic mass is 32.2. The van der Waals surface area contributed by atoms with Crippen molar-refractivity contribution in [3.63, 3.8) is 0 Å². The Balaban J connectivity index is 1.55. The summed E-state index contributed by atoms with van der Waals surface area (Å²) in [6.45, 7) is 7.65. The number of halogens is 1. The second-order valence-electron chi connectivity index (χ2n) is 6.77. The first kappa shape index (κ1) is 20.2. The van der Waals surface area contributed by atoms with Crippen LogP contribution in [0, 0.1) is 5.82 Å². The molecule has 1 aromatic carbocycles. The predicted molar refractivity (Wildman–Crippen MR) is 97.4 cm³/mol. The number of nitrogens with zero attached hydrogens (tertiary/aromatic N) is 3. The Kier molecular flexibility index (Phi) is 6.43. The number of piperazine rings is 1. The minimum atomic E-state index is -3.99. The number of nitrogens with two attached hydrogens (primary N) is 1. The van der Waals surface area contributed by atoms with Gasteiger partial charge in [0.05, 0.1) is 23.7 Å². The molecule has 3 rings (SSSR count). The molecule has 0 radical (unpaired) electrons. The lowest BCUT2D eigenvalue weighted by Crippen LogP contribution is -2.51. The number of carbonyl (C=O) groups is 1. The Morgan fingerprint density at radius 3 is 2.22 bits per heavy atom. The molecule has 2 N–H and O–H groups in total. The van der Waals surface area contributed by atoms with Gasteiger partial charge in [-0.15, -0.1) is 0 Å². The zero-order valence-electron chi connectivity index (χ0n) is 15.1. The van der Waals surface area contributed by atoms with Crippen molar-refractivity contribution >= 4 is 15.9 Å². The number of sulfonamides is 1. The first-order valence-electron chi connectivity index (χ1n) is 8.99. The molecule has 2 saturated heterocycles. The fraction of sp³-hybridized carbons (Fsp3) is 0.588. The van der Waals surface area contributed by atoms with Gasteiger partial charge in [0.2, 0.25) is 10.0 Å². The van der Waals surface area contributed by atoms with Gasteiger partial charge < -0.3 is 9.64 Å². The van der Waals surface area contributed by atoms with Gasteiger partial charge in [0.1, 0.15) is 5.82 Å². The van der Waals surface area contributed by atoms with Gasteiger partial charge in [0.15, 0.2) is 0 Å². The number of ether oxygens (including phenoxy) is 1. The molecule has 0 unspecified atom stereocenters. The van der Waals surface area contributed by atoms with Gasteiger partial charge in [-0.1, -0.05) is 0 Å². The molecule has 0 aromatic heterocycles.